The fourth-order valence-corrected chi connectivity index (χ4v) is 3.85. The molecule has 0 aliphatic rings. The maximum Gasteiger partial charge on any atom is 0.230 e. The van der Waals surface area contributed by atoms with Crippen LogP contribution in [0.2, 0.25) is 0 Å². The van der Waals surface area contributed by atoms with Crippen molar-refractivity contribution in [2.24, 2.45) is 0 Å². The summed E-state index contributed by atoms with van der Waals surface area (Å²) in [5, 5.41) is 14.8. The Kier molecular flexibility index (Phi) is 4.62. The van der Waals surface area contributed by atoms with Crippen molar-refractivity contribution in [1.29, 1.82) is 0 Å². The van der Waals surface area contributed by atoms with Crippen molar-refractivity contribution in [2.75, 3.05) is 12.3 Å². The first-order valence-corrected chi connectivity index (χ1v) is 9.69. The lowest BCUT2D eigenvalue weighted by Gasteiger charge is -2.03. The van der Waals surface area contributed by atoms with Gasteiger partial charge in [-0.1, -0.05) is 36.0 Å². The van der Waals surface area contributed by atoms with Gasteiger partial charge in [0.2, 0.25) is 11.1 Å². The Bertz CT molecular complexity index is 1010. The van der Waals surface area contributed by atoms with Crippen LogP contribution in [0, 0.1) is 0 Å². The number of carbonyl (C=O) groups excluding carboxylic acids is 1. The number of hydrogen-bond acceptors (Lipinski definition) is 6. The summed E-state index contributed by atoms with van der Waals surface area (Å²) in [5.41, 5.74) is 2.42. The van der Waals surface area contributed by atoms with E-state index in [9.17, 15) is 4.79 Å². The lowest BCUT2D eigenvalue weighted by atomic mass is 10.2. The molecule has 0 atom stereocenters. The maximum atomic E-state index is 11.9. The molecule has 0 fully saturated rings. The van der Waals surface area contributed by atoms with Crippen LogP contribution < -0.4 is 5.32 Å². The number of benzene rings is 1. The monoisotopic (exact) mass is 369 g/mol. The molecule has 0 saturated carbocycles. The Morgan fingerprint density at radius 1 is 1.20 bits per heavy atom. The van der Waals surface area contributed by atoms with Crippen LogP contribution in [-0.2, 0) is 11.2 Å². The van der Waals surface area contributed by atoms with Crippen molar-refractivity contribution in [3.05, 3.63) is 46.7 Å². The minimum atomic E-state index is -0.0260. The van der Waals surface area contributed by atoms with Gasteiger partial charge in [-0.3, -0.25) is 4.79 Å². The maximum absolute atomic E-state index is 11.9. The van der Waals surface area contributed by atoms with Crippen molar-refractivity contribution in [2.45, 2.75) is 11.6 Å². The topological polar surface area (TPSA) is 83.6 Å². The van der Waals surface area contributed by atoms with E-state index in [4.69, 9.17) is 0 Å². The average molecular weight is 369 g/mol. The van der Waals surface area contributed by atoms with E-state index in [-0.39, 0.29) is 11.7 Å². The van der Waals surface area contributed by atoms with E-state index in [1.807, 2.05) is 35.7 Å². The number of thiophene rings is 1. The SMILES string of the molecule is O=C(CSc1nnc2c(n1)[nH]c1ccccc12)NCCc1cccs1. The Labute approximate surface area is 152 Å². The molecule has 2 N–H and O–H groups in total. The first-order chi connectivity index (χ1) is 12.3. The Morgan fingerprint density at radius 3 is 3.00 bits per heavy atom. The Balaban J connectivity index is 1.35. The molecule has 0 spiro atoms. The number of nitrogens with zero attached hydrogens (tertiary/aromatic N) is 3. The number of hydrogen-bond donors (Lipinski definition) is 2. The largest absolute Gasteiger partial charge is 0.355 e. The molecule has 0 bridgehead atoms. The third kappa shape index (κ3) is 3.64. The summed E-state index contributed by atoms with van der Waals surface area (Å²) in [6.45, 7) is 0.639. The molecule has 0 radical (unpaired) electrons. The highest BCUT2D eigenvalue weighted by molar-refractivity contribution is 7.99. The quantitative estimate of drug-likeness (QED) is 0.511. The van der Waals surface area contributed by atoms with Gasteiger partial charge in [0.25, 0.3) is 0 Å². The fraction of sp³-hybridized carbons (Fsp3) is 0.176. The zero-order chi connectivity index (χ0) is 17.1. The number of aromatic nitrogens is 4. The summed E-state index contributed by atoms with van der Waals surface area (Å²) in [4.78, 5) is 20.9. The molecule has 6 nitrogen and oxygen atoms in total. The molecule has 0 aliphatic heterocycles. The van der Waals surface area contributed by atoms with Gasteiger partial charge in [0, 0.05) is 22.3 Å². The molecule has 3 aromatic heterocycles. The second-order valence-electron chi connectivity index (χ2n) is 5.43. The number of para-hydroxylation sites is 1. The van der Waals surface area contributed by atoms with Gasteiger partial charge >= 0.3 is 0 Å². The molecule has 0 saturated heterocycles. The van der Waals surface area contributed by atoms with Gasteiger partial charge in [0.1, 0.15) is 5.52 Å². The van der Waals surface area contributed by atoms with Crippen molar-refractivity contribution < 1.29 is 4.79 Å². The van der Waals surface area contributed by atoms with Crippen molar-refractivity contribution in [3.8, 4) is 0 Å². The van der Waals surface area contributed by atoms with Crippen molar-refractivity contribution >= 4 is 51.1 Å². The first kappa shape index (κ1) is 16.0. The minimum absolute atomic E-state index is 0.0260. The summed E-state index contributed by atoms with van der Waals surface area (Å²) < 4.78 is 0. The summed E-state index contributed by atoms with van der Waals surface area (Å²) in [6.07, 6.45) is 0.854. The number of amides is 1. The van der Waals surface area contributed by atoms with Gasteiger partial charge in [0.15, 0.2) is 5.65 Å². The van der Waals surface area contributed by atoms with Crippen LogP contribution in [0.3, 0.4) is 0 Å². The fourth-order valence-electron chi connectivity index (χ4n) is 2.53. The number of fused-ring (bicyclic) bond motifs is 3. The highest BCUT2D eigenvalue weighted by atomic mass is 32.2. The van der Waals surface area contributed by atoms with Gasteiger partial charge in [-0.2, -0.15) is 0 Å². The smallest absolute Gasteiger partial charge is 0.230 e. The zero-order valence-electron chi connectivity index (χ0n) is 13.2. The number of nitrogens with one attached hydrogen (secondary N) is 2. The van der Waals surface area contributed by atoms with E-state index in [0.717, 1.165) is 22.8 Å². The first-order valence-electron chi connectivity index (χ1n) is 7.82. The number of H-pyrrole nitrogens is 1. The van der Waals surface area contributed by atoms with Crippen LogP contribution in [0.25, 0.3) is 22.1 Å². The molecule has 25 heavy (non-hydrogen) atoms. The predicted molar refractivity (Wildman–Crippen MR) is 101 cm³/mol. The van der Waals surface area contributed by atoms with E-state index in [2.05, 4.69) is 31.5 Å². The molecular formula is C17H15N5OS2. The van der Waals surface area contributed by atoms with E-state index in [1.54, 1.807) is 11.3 Å². The molecular weight excluding hydrogens is 354 g/mol. The minimum Gasteiger partial charge on any atom is -0.355 e. The van der Waals surface area contributed by atoms with Crippen LogP contribution in [0.15, 0.2) is 46.9 Å². The van der Waals surface area contributed by atoms with Crippen LogP contribution in [-0.4, -0.2) is 38.4 Å². The number of aromatic amines is 1. The third-order valence-corrected chi connectivity index (χ3v) is 5.48. The van der Waals surface area contributed by atoms with Gasteiger partial charge in [0.05, 0.1) is 5.75 Å². The lowest BCUT2D eigenvalue weighted by Crippen LogP contribution is -2.27. The zero-order valence-corrected chi connectivity index (χ0v) is 14.9. The standard InChI is InChI=1S/C17H15N5OS2/c23-14(18-8-7-11-4-3-9-24-11)10-25-17-20-16-15(21-22-17)12-5-1-2-6-13(12)19-16/h1-6,9H,7-8,10H2,(H,18,23)(H,19,20,22). The highest BCUT2D eigenvalue weighted by Crippen LogP contribution is 2.23. The van der Waals surface area contributed by atoms with Gasteiger partial charge in [-0.15, -0.1) is 21.5 Å². The molecule has 4 aromatic rings. The van der Waals surface area contributed by atoms with Gasteiger partial charge < -0.3 is 10.3 Å². The van der Waals surface area contributed by atoms with Gasteiger partial charge in [-0.25, -0.2) is 4.98 Å². The number of thioether (sulfide) groups is 1. The van der Waals surface area contributed by atoms with Crippen LogP contribution >= 0.6 is 23.1 Å². The molecule has 1 aromatic carbocycles. The second kappa shape index (κ2) is 7.20. The van der Waals surface area contributed by atoms with Crippen molar-refractivity contribution in [1.82, 2.24) is 25.5 Å². The Hall–Kier alpha value is -2.45. The van der Waals surface area contributed by atoms with E-state index in [1.165, 1.54) is 16.6 Å². The molecule has 0 unspecified atom stereocenters. The Morgan fingerprint density at radius 2 is 2.12 bits per heavy atom. The second-order valence-corrected chi connectivity index (χ2v) is 7.40. The summed E-state index contributed by atoms with van der Waals surface area (Å²) in [6, 6.07) is 12.0. The normalized spacial score (nSPS) is 11.2. The molecule has 3 heterocycles. The van der Waals surface area contributed by atoms with Crippen LogP contribution in [0.1, 0.15) is 4.88 Å². The highest BCUT2D eigenvalue weighted by Gasteiger charge is 2.10. The summed E-state index contributed by atoms with van der Waals surface area (Å²) in [5.74, 6) is 0.250. The number of carbonyl (C=O) groups is 1. The van der Waals surface area contributed by atoms with Crippen LogP contribution in [0.5, 0.6) is 0 Å². The van der Waals surface area contributed by atoms with E-state index < -0.39 is 0 Å². The third-order valence-electron chi connectivity index (χ3n) is 3.71. The molecule has 0 aliphatic carbocycles. The summed E-state index contributed by atoms with van der Waals surface area (Å²) >= 11 is 2.99. The van der Waals surface area contributed by atoms with E-state index >= 15 is 0 Å². The number of rotatable bonds is 6. The predicted octanol–water partition coefficient (Wildman–Crippen LogP) is 3.02. The van der Waals surface area contributed by atoms with Crippen LogP contribution in [0.4, 0.5) is 0 Å². The van der Waals surface area contributed by atoms with Crippen molar-refractivity contribution in [3.63, 3.8) is 0 Å². The average Bonchev–Trinajstić information content (AvgIpc) is 3.26. The molecule has 8 heteroatoms. The lowest BCUT2D eigenvalue weighted by molar-refractivity contribution is -0.118. The van der Waals surface area contributed by atoms with E-state index in [0.29, 0.717) is 17.3 Å². The van der Waals surface area contributed by atoms with Gasteiger partial charge in [-0.05, 0) is 23.9 Å². The summed E-state index contributed by atoms with van der Waals surface area (Å²) in [7, 11) is 0. The molecule has 126 valence electrons. The molecule has 4 rings (SSSR count). The molecule has 1 amide bonds.